The van der Waals surface area contributed by atoms with Crippen molar-refractivity contribution in [3.8, 4) is 0 Å². The molecular weight excluding hydrogens is 344 g/mol. The highest BCUT2D eigenvalue weighted by atomic mass is 16.5. The third kappa shape index (κ3) is 4.78. The average molecular weight is 377 g/mol. The maximum Gasteiger partial charge on any atom is 0.263 e. The van der Waals surface area contributed by atoms with E-state index in [1.165, 1.54) is 0 Å². The molecule has 0 saturated carbocycles. The summed E-state index contributed by atoms with van der Waals surface area (Å²) in [4.78, 5) is 32.1. The van der Waals surface area contributed by atoms with E-state index in [1.807, 2.05) is 24.8 Å². The number of rotatable bonds is 5. The Morgan fingerprint density at radius 3 is 2.19 bits per heavy atom. The molecule has 2 aliphatic rings. The van der Waals surface area contributed by atoms with Crippen LogP contribution in [0.3, 0.4) is 0 Å². The van der Waals surface area contributed by atoms with Gasteiger partial charge in [-0.25, -0.2) is 0 Å². The molecule has 1 aromatic heterocycles. The molecule has 3 heterocycles. The lowest BCUT2D eigenvalue weighted by molar-refractivity contribution is 0.0293. The summed E-state index contributed by atoms with van der Waals surface area (Å²) in [5, 5.41) is 0. The molecular formula is C20H32N4O3. The first-order valence-corrected chi connectivity index (χ1v) is 9.99. The van der Waals surface area contributed by atoms with Crippen molar-refractivity contribution in [2.45, 2.75) is 19.8 Å². The number of ether oxygens (including phenoxy) is 1. The van der Waals surface area contributed by atoms with Crippen LogP contribution in [0.15, 0.2) is 16.9 Å². The molecule has 2 saturated heterocycles. The van der Waals surface area contributed by atoms with Crippen LogP contribution in [0.2, 0.25) is 0 Å². The summed E-state index contributed by atoms with van der Waals surface area (Å²) in [5.41, 5.74) is 1.04. The summed E-state index contributed by atoms with van der Waals surface area (Å²) >= 11 is 0. The Labute approximate surface area is 161 Å². The zero-order valence-electron chi connectivity index (χ0n) is 16.8. The Kier molecular flexibility index (Phi) is 6.68. The van der Waals surface area contributed by atoms with Gasteiger partial charge in [0, 0.05) is 65.1 Å². The first-order valence-electron chi connectivity index (χ1n) is 9.99. The van der Waals surface area contributed by atoms with E-state index in [-0.39, 0.29) is 22.9 Å². The van der Waals surface area contributed by atoms with E-state index in [4.69, 9.17) is 4.74 Å². The van der Waals surface area contributed by atoms with E-state index >= 15 is 0 Å². The van der Waals surface area contributed by atoms with Gasteiger partial charge in [0.25, 0.3) is 11.5 Å². The van der Waals surface area contributed by atoms with E-state index < -0.39 is 0 Å². The van der Waals surface area contributed by atoms with Crippen molar-refractivity contribution in [2.75, 3.05) is 65.6 Å². The quantitative estimate of drug-likeness (QED) is 0.753. The van der Waals surface area contributed by atoms with Gasteiger partial charge in [0.15, 0.2) is 0 Å². The molecule has 2 aliphatic heterocycles. The maximum absolute atomic E-state index is 12.8. The summed E-state index contributed by atoms with van der Waals surface area (Å²) in [6, 6.07) is 3.60. The first-order chi connectivity index (χ1) is 13.0. The molecule has 0 N–H and O–H groups in total. The predicted molar refractivity (Wildman–Crippen MR) is 105 cm³/mol. The van der Waals surface area contributed by atoms with Gasteiger partial charge in [-0.15, -0.1) is 0 Å². The van der Waals surface area contributed by atoms with Crippen LogP contribution < -0.4 is 5.56 Å². The molecule has 1 amide bonds. The Balaban J connectivity index is 1.54. The summed E-state index contributed by atoms with van der Waals surface area (Å²) in [6.45, 7) is 12.9. The molecule has 0 aliphatic carbocycles. The van der Waals surface area contributed by atoms with Crippen LogP contribution in [0.4, 0.5) is 0 Å². The topological polar surface area (TPSA) is 58.0 Å². The number of aromatic nitrogens is 1. The molecule has 150 valence electrons. The molecule has 0 unspecified atom stereocenters. The predicted octanol–water partition coefficient (Wildman–Crippen LogP) is 0.599. The van der Waals surface area contributed by atoms with Crippen LogP contribution in [0.25, 0.3) is 0 Å². The van der Waals surface area contributed by atoms with E-state index in [0.717, 1.165) is 58.2 Å². The summed E-state index contributed by atoms with van der Waals surface area (Å²) in [7, 11) is 1.75. The number of nitrogens with zero attached hydrogens (tertiary/aromatic N) is 4. The first kappa shape index (κ1) is 20.0. The van der Waals surface area contributed by atoms with Crippen molar-refractivity contribution in [1.29, 1.82) is 0 Å². The minimum Gasteiger partial charge on any atom is -0.379 e. The number of morpholine rings is 1. The normalized spacial score (nSPS) is 19.6. The number of pyridine rings is 1. The van der Waals surface area contributed by atoms with E-state index in [1.54, 1.807) is 17.7 Å². The summed E-state index contributed by atoms with van der Waals surface area (Å²) in [5.74, 6) is 0.112. The zero-order chi connectivity index (χ0) is 19.4. The van der Waals surface area contributed by atoms with Crippen molar-refractivity contribution in [1.82, 2.24) is 19.3 Å². The third-order valence-electron chi connectivity index (χ3n) is 5.66. The minimum atomic E-state index is -0.194. The number of piperazine rings is 1. The molecule has 0 atom stereocenters. The van der Waals surface area contributed by atoms with E-state index in [9.17, 15) is 9.59 Å². The van der Waals surface area contributed by atoms with Crippen molar-refractivity contribution in [3.05, 3.63) is 33.7 Å². The van der Waals surface area contributed by atoms with E-state index in [0.29, 0.717) is 13.1 Å². The highest BCUT2D eigenvalue weighted by molar-refractivity contribution is 5.94. The van der Waals surface area contributed by atoms with Gasteiger partial charge < -0.3 is 14.2 Å². The van der Waals surface area contributed by atoms with Crippen LogP contribution in [0.5, 0.6) is 0 Å². The number of carbonyl (C=O) groups is 1. The summed E-state index contributed by atoms with van der Waals surface area (Å²) in [6.07, 6.45) is 0. The molecule has 2 fully saturated rings. The number of hydrogen-bond acceptors (Lipinski definition) is 5. The number of hydrogen-bond donors (Lipinski definition) is 0. The minimum absolute atomic E-state index is 0.140. The lowest BCUT2D eigenvalue weighted by atomic mass is 10.1. The monoisotopic (exact) mass is 376 g/mol. The van der Waals surface area contributed by atoms with Crippen molar-refractivity contribution >= 4 is 5.91 Å². The summed E-state index contributed by atoms with van der Waals surface area (Å²) < 4.78 is 6.99. The maximum atomic E-state index is 12.8. The molecule has 0 bridgehead atoms. The standard InChI is InChI=1S/C20H32N4O3/c1-16(2)18-5-4-17(19(25)21(18)3)20(26)24-10-8-22(9-11-24)6-7-23-12-14-27-15-13-23/h4-5,16H,6-15H2,1-3H3. The molecule has 0 spiro atoms. The van der Waals surface area contributed by atoms with Gasteiger partial charge >= 0.3 is 0 Å². The van der Waals surface area contributed by atoms with Crippen LogP contribution >= 0.6 is 0 Å². The Hall–Kier alpha value is -1.70. The largest absolute Gasteiger partial charge is 0.379 e. The van der Waals surface area contributed by atoms with Crippen LogP contribution in [-0.4, -0.2) is 90.7 Å². The van der Waals surface area contributed by atoms with Gasteiger partial charge in [-0.3, -0.25) is 19.4 Å². The average Bonchev–Trinajstić information content (AvgIpc) is 2.69. The van der Waals surface area contributed by atoms with Gasteiger partial charge in [0.2, 0.25) is 0 Å². The fraction of sp³-hybridized carbons (Fsp3) is 0.700. The fourth-order valence-electron chi connectivity index (χ4n) is 3.84. The zero-order valence-corrected chi connectivity index (χ0v) is 16.8. The van der Waals surface area contributed by atoms with Crippen LogP contribution in [-0.2, 0) is 11.8 Å². The number of amides is 1. The molecule has 0 radical (unpaired) electrons. The molecule has 1 aromatic rings. The van der Waals surface area contributed by atoms with Gasteiger partial charge in [-0.2, -0.15) is 0 Å². The lowest BCUT2D eigenvalue weighted by Crippen LogP contribution is -2.51. The lowest BCUT2D eigenvalue weighted by Gasteiger charge is -2.36. The smallest absolute Gasteiger partial charge is 0.263 e. The van der Waals surface area contributed by atoms with Gasteiger partial charge in [-0.1, -0.05) is 13.8 Å². The van der Waals surface area contributed by atoms with Crippen LogP contribution in [0, 0.1) is 0 Å². The molecule has 7 nitrogen and oxygen atoms in total. The molecule has 3 rings (SSSR count). The SMILES string of the molecule is CC(C)c1ccc(C(=O)N2CCN(CCN3CCOCC3)CC2)c(=O)n1C. The Morgan fingerprint density at radius 1 is 1.00 bits per heavy atom. The van der Waals surface area contributed by atoms with Gasteiger partial charge in [0.1, 0.15) is 5.56 Å². The van der Waals surface area contributed by atoms with E-state index in [2.05, 4.69) is 9.80 Å². The fourth-order valence-corrected chi connectivity index (χ4v) is 3.84. The van der Waals surface area contributed by atoms with Crippen molar-refractivity contribution < 1.29 is 9.53 Å². The molecule has 7 heteroatoms. The number of carbonyl (C=O) groups excluding carboxylic acids is 1. The molecule has 27 heavy (non-hydrogen) atoms. The highest BCUT2D eigenvalue weighted by Crippen LogP contribution is 2.13. The Bertz CT molecular complexity index is 702. The van der Waals surface area contributed by atoms with Crippen LogP contribution in [0.1, 0.15) is 35.8 Å². The van der Waals surface area contributed by atoms with Crippen molar-refractivity contribution in [3.63, 3.8) is 0 Å². The Morgan fingerprint density at radius 2 is 1.59 bits per heavy atom. The second-order valence-corrected chi connectivity index (χ2v) is 7.78. The highest BCUT2D eigenvalue weighted by Gasteiger charge is 2.25. The second kappa shape index (κ2) is 8.99. The van der Waals surface area contributed by atoms with Crippen molar-refractivity contribution in [2.24, 2.45) is 7.05 Å². The molecule has 0 aromatic carbocycles. The third-order valence-corrected chi connectivity index (χ3v) is 5.66. The second-order valence-electron chi connectivity index (χ2n) is 7.78. The van der Waals surface area contributed by atoms with Gasteiger partial charge in [0.05, 0.1) is 13.2 Å². The van der Waals surface area contributed by atoms with Gasteiger partial charge in [-0.05, 0) is 18.1 Å².